The van der Waals surface area contributed by atoms with Gasteiger partial charge < -0.3 is 15.3 Å². The van der Waals surface area contributed by atoms with Crippen molar-refractivity contribution >= 4 is 35.0 Å². The van der Waals surface area contributed by atoms with E-state index in [1.54, 1.807) is 18.0 Å². The number of aromatic carboxylic acids is 1. The number of nitrogens with zero attached hydrogens (tertiary/aromatic N) is 1. The summed E-state index contributed by atoms with van der Waals surface area (Å²) in [5, 5.41) is 13.3. The van der Waals surface area contributed by atoms with Crippen LogP contribution < -0.4 is 14.9 Å². The van der Waals surface area contributed by atoms with Gasteiger partial charge in [-0.25, -0.2) is 9.52 Å². The molecule has 3 aliphatic rings. The maximum Gasteiger partial charge on any atom is 0.335 e. The molecule has 29 heavy (non-hydrogen) atoms. The van der Waals surface area contributed by atoms with Crippen LogP contribution in [0.2, 0.25) is 0 Å². The van der Waals surface area contributed by atoms with Gasteiger partial charge in [0.15, 0.2) is 0 Å². The Kier molecular flexibility index (Phi) is 3.52. The smallest absolute Gasteiger partial charge is 0.335 e. The van der Waals surface area contributed by atoms with Crippen LogP contribution in [0.3, 0.4) is 0 Å². The van der Waals surface area contributed by atoms with Gasteiger partial charge in [0.1, 0.15) is 0 Å². The number of para-hydroxylation sites is 1. The van der Waals surface area contributed by atoms with Crippen LogP contribution in [0.5, 0.6) is 0 Å². The minimum Gasteiger partial charge on any atom is -0.478 e. The quantitative estimate of drug-likeness (QED) is 0.515. The van der Waals surface area contributed by atoms with Crippen LogP contribution in [0.4, 0.5) is 17.1 Å². The Balaban J connectivity index is 1.54. The van der Waals surface area contributed by atoms with E-state index in [0.29, 0.717) is 5.56 Å². The second-order valence-corrected chi connectivity index (χ2v) is 8.74. The van der Waals surface area contributed by atoms with Crippen molar-refractivity contribution in [3.8, 4) is 11.1 Å². The van der Waals surface area contributed by atoms with E-state index in [0.717, 1.165) is 46.9 Å². The van der Waals surface area contributed by atoms with E-state index in [9.17, 15) is 9.90 Å². The van der Waals surface area contributed by atoms with Gasteiger partial charge in [0.25, 0.3) is 0 Å². The molecular formula is C23H19N3O2S. The molecule has 3 aromatic carbocycles. The van der Waals surface area contributed by atoms with Gasteiger partial charge in [-0.15, -0.1) is 0 Å². The summed E-state index contributed by atoms with van der Waals surface area (Å²) in [4.78, 5) is 15.0. The first-order valence-corrected chi connectivity index (χ1v) is 10.5. The Hall–Kier alpha value is -2.96. The van der Waals surface area contributed by atoms with Crippen molar-refractivity contribution < 1.29 is 9.90 Å². The summed E-state index contributed by atoms with van der Waals surface area (Å²) in [6.07, 6.45) is 2.14. The lowest BCUT2D eigenvalue weighted by molar-refractivity contribution is 0.0697. The third kappa shape index (κ3) is 2.56. The summed E-state index contributed by atoms with van der Waals surface area (Å²) >= 11 is 1.62. The van der Waals surface area contributed by atoms with Crippen LogP contribution in [0.15, 0.2) is 65.6 Å². The zero-order valence-corrected chi connectivity index (χ0v) is 16.4. The number of anilines is 3. The summed E-state index contributed by atoms with van der Waals surface area (Å²) in [5.74, 6) is -0.887. The van der Waals surface area contributed by atoms with Gasteiger partial charge in [0, 0.05) is 21.8 Å². The maximum absolute atomic E-state index is 11.6. The first-order chi connectivity index (χ1) is 14.1. The molecule has 0 amide bonds. The van der Waals surface area contributed by atoms with E-state index in [-0.39, 0.29) is 5.54 Å². The number of carbonyl (C=O) groups is 1. The highest BCUT2D eigenvalue weighted by Crippen LogP contribution is 2.57. The molecule has 1 aliphatic carbocycles. The molecule has 0 bridgehead atoms. The van der Waals surface area contributed by atoms with E-state index >= 15 is 0 Å². The highest BCUT2D eigenvalue weighted by atomic mass is 32.2. The van der Waals surface area contributed by atoms with Crippen LogP contribution in [0.1, 0.15) is 28.8 Å². The number of hydrogen-bond acceptors (Lipinski definition) is 5. The molecule has 2 heterocycles. The Bertz CT molecular complexity index is 1160. The predicted octanol–water partition coefficient (Wildman–Crippen LogP) is 5.17. The molecule has 0 radical (unpaired) electrons. The van der Waals surface area contributed by atoms with E-state index in [2.05, 4.69) is 51.3 Å². The standard InChI is InChI=1S/C23H19N3O2S/c27-22(28)14-6-7-18-16(10-14)17-11-21-20(12-19(17)25-23(18)8-9-23)26(13-24-29-21)15-4-2-1-3-5-15/h1-7,10-12,24-25H,8-9,13H2,(H,27,28). The summed E-state index contributed by atoms with van der Waals surface area (Å²) in [6.45, 7) is 0.728. The number of carboxylic acid groups (broad SMARTS) is 1. The van der Waals surface area contributed by atoms with Gasteiger partial charge in [-0.3, -0.25) is 0 Å². The molecule has 5 nitrogen and oxygen atoms in total. The molecule has 3 N–H and O–H groups in total. The Morgan fingerprint density at radius 1 is 1.03 bits per heavy atom. The van der Waals surface area contributed by atoms with Crippen LogP contribution in [-0.4, -0.2) is 17.7 Å². The minimum atomic E-state index is -0.887. The molecule has 0 unspecified atom stereocenters. The lowest BCUT2D eigenvalue weighted by Crippen LogP contribution is -2.31. The molecule has 6 heteroatoms. The zero-order valence-electron chi connectivity index (χ0n) is 15.6. The number of benzene rings is 3. The molecule has 3 aromatic rings. The van der Waals surface area contributed by atoms with Crippen molar-refractivity contribution in [1.29, 1.82) is 0 Å². The first-order valence-electron chi connectivity index (χ1n) is 9.71. The molecular weight excluding hydrogens is 382 g/mol. The van der Waals surface area contributed by atoms with Crippen molar-refractivity contribution in [2.45, 2.75) is 23.3 Å². The third-order valence-electron chi connectivity index (χ3n) is 6.06. The lowest BCUT2D eigenvalue weighted by Gasteiger charge is -2.35. The van der Waals surface area contributed by atoms with E-state index < -0.39 is 5.97 Å². The third-order valence-corrected chi connectivity index (χ3v) is 6.88. The first kappa shape index (κ1) is 16.9. The molecule has 0 aromatic heterocycles. The predicted molar refractivity (Wildman–Crippen MR) is 116 cm³/mol. The van der Waals surface area contributed by atoms with Crippen molar-refractivity contribution in [2.75, 3.05) is 16.9 Å². The van der Waals surface area contributed by atoms with Gasteiger partial charge in [-0.2, -0.15) is 0 Å². The van der Waals surface area contributed by atoms with Gasteiger partial charge >= 0.3 is 5.97 Å². The van der Waals surface area contributed by atoms with Gasteiger partial charge in [-0.1, -0.05) is 24.3 Å². The summed E-state index contributed by atoms with van der Waals surface area (Å²) in [7, 11) is 0. The molecule has 1 saturated carbocycles. The fourth-order valence-corrected chi connectivity index (χ4v) is 5.25. The largest absolute Gasteiger partial charge is 0.478 e. The highest BCUT2D eigenvalue weighted by molar-refractivity contribution is 7.97. The Morgan fingerprint density at radius 2 is 1.86 bits per heavy atom. The van der Waals surface area contributed by atoms with Crippen LogP contribution >= 0.6 is 11.9 Å². The second-order valence-electron chi connectivity index (χ2n) is 7.81. The molecule has 144 valence electrons. The molecule has 2 aliphatic heterocycles. The van der Waals surface area contributed by atoms with Gasteiger partial charge in [0.05, 0.1) is 23.5 Å². The lowest BCUT2D eigenvalue weighted by atomic mass is 9.86. The minimum absolute atomic E-state index is 0.0504. The monoisotopic (exact) mass is 401 g/mol. The number of nitrogens with one attached hydrogen (secondary N) is 2. The fourth-order valence-electron chi connectivity index (χ4n) is 4.45. The molecule has 6 rings (SSSR count). The fraction of sp³-hybridized carbons (Fsp3) is 0.174. The molecule has 0 atom stereocenters. The summed E-state index contributed by atoms with van der Waals surface area (Å²) in [6, 6.07) is 20.3. The molecule has 1 fully saturated rings. The Labute approximate surface area is 172 Å². The van der Waals surface area contributed by atoms with Crippen LogP contribution in [-0.2, 0) is 5.54 Å². The molecule has 1 spiro atoms. The van der Waals surface area contributed by atoms with Crippen molar-refractivity contribution in [1.82, 2.24) is 4.72 Å². The topological polar surface area (TPSA) is 64.6 Å². The number of fused-ring (bicyclic) bond motifs is 5. The zero-order chi connectivity index (χ0) is 19.6. The summed E-state index contributed by atoms with van der Waals surface area (Å²) < 4.78 is 3.41. The van der Waals surface area contributed by atoms with Crippen LogP contribution in [0.25, 0.3) is 11.1 Å². The highest BCUT2D eigenvalue weighted by Gasteiger charge is 2.48. The summed E-state index contributed by atoms with van der Waals surface area (Å²) in [5.41, 5.74) is 7.00. The van der Waals surface area contributed by atoms with E-state index in [1.165, 1.54) is 11.3 Å². The van der Waals surface area contributed by atoms with Gasteiger partial charge in [0.2, 0.25) is 0 Å². The Morgan fingerprint density at radius 3 is 2.62 bits per heavy atom. The number of hydrogen-bond donors (Lipinski definition) is 3. The van der Waals surface area contributed by atoms with Crippen molar-refractivity contribution in [3.05, 3.63) is 71.8 Å². The number of rotatable bonds is 2. The number of carboxylic acids is 1. The average molecular weight is 401 g/mol. The van der Waals surface area contributed by atoms with E-state index in [4.69, 9.17) is 0 Å². The van der Waals surface area contributed by atoms with Crippen molar-refractivity contribution in [3.63, 3.8) is 0 Å². The second kappa shape index (κ2) is 6.02. The molecule has 0 saturated heterocycles. The maximum atomic E-state index is 11.6. The van der Waals surface area contributed by atoms with E-state index in [1.807, 2.05) is 18.2 Å². The van der Waals surface area contributed by atoms with Gasteiger partial charge in [-0.05, 0) is 72.3 Å². The normalized spacial score (nSPS) is 17.7. The average Bonchev–Trinajstić information content (AvgIpc) is 3.52. The SMILES string of the molecule is O=C(O)c1ccc2c(c1)-c1cc3c(cc1NC21CC1)N(c1ccccc1)CNS3. The van der Waals surface area contributed by atoms with Crippen LogP contribution in [0, 0.1) is 0 Å². The van der Waals surface area contributed by atoms with Crippen molar-refractivity contribution in [2.24, 2.45) is 0 Å².